The van der Waals surface area contributed by atoms with Crippen molar-refractivity contribution < 1.29 is 23.4 Å². The Labute approximate surface area is 131 Å². The molecule has 9 heteroatoms. The molecule has 1 heterocycles. The highest BCUT2D eigenvalue weighted by molar-refractivity contribution is 7.84. The van der Waals surface area contributed by atoms with Crippen molar-refractivity contribution in [3.63, 3.8) is 0 Å². The van der Waals surface area contributed by atoms with Crippen LogP contribution in [-0.4, -0.2) is 74.5 Å². The molecule has 1 aromatic heterocycles. The standard InChI is InChI=1S/C13H22N4O4S/c1-8(18)11(17(2,3)4)5-9-6-15-13(16-9)22(21)7-10(14)12(19)20/h6,10-11H,5,7,14H2,1-4H3,(H-,15,16,19,20)/p+1/t10?,11-,22?/m0/s1. The van der Waals surface area contributed by atoms with Crippen LogP contribution in [0.1, 0.15) is 12.6 Å². The number of carboxylic acid groups (broad SMARTS) is 1. The minimum absolute atomic E-state index is 0.0534. The predicted molar refractivity (Wildman–Crippen MR) is 81.7 cm³/mol. The number of Topliss-reactive ketones (excluding diaryl/α,β-unsaturated/α-hetero) is 1. The van der Waals surface area contributed by atoms with Crippen LogP contribution >= 0.6 is 0 Å². The lowest BCUT2D eigenvalue weighted by Gasteiger charge is -2.32. The number of carboxylic acids is 1. The fourth-order valence-electron chi connectivity index (χ4n) is 2.04. The number of nitrogens with zero attached hydrogens (tertiary/aromatic N) is 2. The summed E-state index contributed by atoms with van der Waals surface area (Å²) >= 11 is 0. The maximum Gasteiger partial charge on any atom is 0.321 e. The Morgan fingerprint density at radius 1 is 1.45 bits per heavy atom. The number of ketones is 1. The van der Waals surface area contributed by atoms with Crippen molar-refractivity contribution in [1.29, 1.82) is 0 Å². The number of nitrogens with two attached hydrogens (primary N) is 1. The van der Waals surface area contributed by atoms with Gasteiger partial charge in [-0.1, -0.05) is 0 Å². The molecule has 124 valence electrons. The highest BCUT2D eigenvalue weighted by Crippen LogP contribution is 2.12. The van der Waals surface area contributed by atoms with Gasteiger partial charge in [0, 0.05) is 25.2 Å². The van der Waals surface area contributed by atoms with Crippen LogP contribution in [0.5, 0.6) is 0 Å². The SMILES string of the molecule is CC(=O)[C@H](Cc1cnc(S(=O)CC(N)C(=O)O)[nH]1)[N+](C)(C)C. The third kappa shape index (κ3) is 5.00. The monoisotopic (exact) mass is 331 g/mol. The Balaban J connectivity index is 2.81. The first-order valence-electron chi connectivity index (χ1n) is 6.74. The number of quaternary nitrogens is 1. The number of carbonyl (C=O) groups is 2. The van der Waals surface area contributed by atoms with E-state index in [4.69, 9.17) is 10.8 Å². The number of H-pyrrole nitrogens is 1. The summed E-state index contributed by atoms with van der Waals surface area (Å²) in [5.41, 5.74) is 6.04. The zero-order chi connectivity index (χ0) is 17.1. The number of hydrogen-bond donors (Lipinski definition) is 3. The van der Waals surface area contributed by atoms with Gasteiger partial charge in [-0.2, -0.15) is 0 Å². The molecule has 0 aliphatic rings. The third-order valence-corrected chi connectivity index (χ3v) is 4.59. The quantitative estimate of drug-likeness (QED) is 0.532. The van der Waals surface area contributed by atoms with Gasteiger partial charge in [0.25, 0.3) is 0 Å². The highest BCUT2D eigenvalue weighted by Gasteiger charge is 2.29. The van der Waals surface area contributed by atoms with E-state index in [-0.39, 0.29) is 22.7 Å². The normalized spacial score (nSPS) is 16.0. The van der Waals surface area contributed by atoms with E-state index in [1.807, 2.05) is 21.1 Å². The van der Waals surface area contributed by atoms with Crippen molar-refractivity contribution in [2.24, 2.45) is 5.73 Å². The topological polar surface area (TPSA) is 126 Å². The van der Waals surface area contributed by atoms with Crippen molar-refractivity contribution >= 4 is 22.6 Å². The van der Waals surface area contributed by atoms with Crippen LogP contribution in [-0.2, 0) is 26.8 Å². The minimum atomic E-state index is -1.62. The van der Waals surface area contributed by atoms with Gasteiger partial charge in [-0.05, 0) is 0 Å². The van der Waals surface area contributed by atoms with E-state index in [1.165, 1.54) is 13.1 Å². The van der Waals surface area contributed by atoms with Crippen LogP contribution in [0.2, 0.25) is 0 Å². The summed E-state index contributed by atoms with van der Waals surface area (Å²) < 4.78 is 12.5. The molecule has 0 aromatic carbocycles. The van der Waals surface area contributed by atoms with E-state index in [2.05, 4.69) is 9.97 Å². The first-order valence-corrected chi connectivity index (χ1v) is 8.06. The van der Waals surface area contributed by atoms with Gasteiger partial charge in [0.05, 0.1) is 37.7 Å². The minimum Gasteiger partial charge on any atom is -0.480 e. The molecular weight excluding hydrogens is 308 g/mol. The Hall–Kier alpha value is -1.58. The highest BCUT2D eigenvalue weighted by atomic mass is 32.2. The molecule has 1 rings (SSSR count). The third-order valence-electron chi connectivity index (χ3n) is 3.29. The molecule has 0 bridgehead atoms. The maximum absolute atomic E-state index is 12.0. The molecule has 0 saturated carbocycles. The predicted octanol–water partition coefficient (Wildman–Crippen LogP) is -0.864. The van der Waals surface area contributed by atoms with Crippen molar-refractivity contribution in [3.05, 3.63) is 11.9 Å². The summed E-state index contributed by atoms with van der Waals surface area (Å²) in [6.45, 7) is 1.54. The second-order valence-corrected chi connectivity index (χ2v) is 7.53. The zero-order valence-electron chi connectivity index (χ0n) is 13.2. The van der Waals surface area contributed by atoms with Gasteiger partial charge in [-0.3, -0.25) is 13.8 Å². The van der Waals surface area contributed by atoms with Gasteiger partial charge >= 0.3 is 5.97 Å². The Kier molecular flexibility index (Phi) is 5.98. The van der Waals surface area contributed by atoms with Crippen molar-refractivity contribution in [2.75, 3.05) is 26.9 Å². The van der Waals surface area contributed by atoms with E-state index >= 15 is 0 Å². The number of nitrogens with one attached hydrogen (secondary N) is 1. The van der Waals surface area contributed by atoms with E-state index in [0.29, 0.717) is 16.6 Å². The summed E-state index contributed by atoms with van der Waals surface area (Å²) in [6.07, 6.45) is 1.96. The van der Waals surface area contributed by atoms with Crippen LogP contribution < -0.4 is 5.73 Å². The lowest BCUT2D eigenvalue weighted by Crippen LogP contribution is -2.50. The van der Waals surface area contributed by atoms with Crippen LogP contribution in [0.4, 0.5) is 0 Å². The molecular formula is C13H23N4O4S+. The number of aliphatic carboxylic acids is 1. The fourth-order valence-corrected chi connectivity index (χ4v) is 3.08. The number of imidazole rings is 1. The van der Waals surface area contributed by atoms with E-state index in [0.717, 1.165) is 0 Å². The molecule has 1 aromatic rings. The smallest absolute Gasteiger partial charge is 0.321 e. The molecule has 0 amide bonds. The van der Waals surface area contributed by atoms with Crippen molar-refractivity contribution in [1.82, 2.24) is 9.97 Å². The van der Waals surface area contributed by atoms with E-state index in [9.17, 15) is 13.8 Å². The van der Waals surface area contributed by atoms with E-state index in [1.54, 1.807) is 0 Å². The van der Waals surface area contributed by atoms with Gasteiger partial charge in [0.2, 0.25) is 0 Å². The molecule has 0 fully saturated rings. The number of hydrogen-bond acceptors (Lipinski definition) is 5. The summed E-state index contributed by atoms with van der Waals surface area (Å²) in [6, 6.07) is -1.45. The zero-order valence-corrected chi connectivity index (χ0v) is 14.0. The molecule has 22 heavy (non-hydrogen) atoms. The maximum atomic E-state index is 12.0. The number of carbonyl (C=O) groups excluding carboxylic acids is 1. The molecule has 4 N–H and O–H groups in total. The number of aromatic amines is 1. The Bertz CT molecular complexity index is 579. The second-order valence-electron chi connectivity index (χ2n) is 6.12. The van der Waals surface area contributed by atoms with E-state index < -0.39 is 22.8 Å². The molecule has 0 spiro atoms. The average molecular weight is 331 g/mol. The first-order chi connectivity index (χ1) is 10.0. The Morgan fingerprint density at radius 2 is 2.05 bits per heavy atom. The lowest BCUT2D eigenvalue weighted by atomic mass is 10.1. The first kappa shape index (κ1) is 18.5. The number of likely N-dealkylation sites (N-methyl/N-ethyl adjacent to an activating group) is 1. The van der Waals surface area contributed by atoms with Crippen molar-refractivity contribution in [3.8, 4) is 0 Å². The molecule has 8 nitrogen and oxygen atoms in total. The summed E-state index contributed by atoms with van der Waals surface area (Å²) in [7, 11) is 4.15. The van der Waals surface area contributed by atoms with Gasteiger partial charge in [-0.15, -0.1) is 0 Å². The number of rotatable bonds is 8. The van der Waals surface area contributed by atoms with Crippen LogP contribution in [0.25, 0.3) is 0 Å². The van der Waals surface area contributed by atoms with Crippen LogP contribution in [0, 0.1) is 0 Å². The fraction of sp³-hybridized carbons (Fsp3) is 0.615. The van der Waals surface area contributed by atoms with Crippen LogP contribution in [0.3, 0.4) is 0 Å². The second kappa shape index (κ2) is 7.12. The molecule has 2 unspecified atom stereocenters. The number of aromatic nitrogens is 2. The van der Waals surface area contributed by atoms with Gasteiger partial charge in [-0.25, -0.2) is 4.98 Å². The summed E-state index contributed by atoms with van der Waals surface area (Å²) in [4.78, 5) is 29.3. The molecule has 0 aliphatic carbocycles. The van der Waals surface area contributed by atoms with Gasteiger partial charge in [0.15, 0.2) is 17.0 Å². The molecule has 0 saturated heterocycles. The summed E-state index contributed by atoms with van der Waals surface area (Å²) in [5, 5.41) is 8.90. The molecule has 0 radical (unpaired) electrons. The molecule has 0 aliphatic heterocycles. The average Bonchev–Trinajstić information content (AvgIpc) is 2.82. The van der Waals surface area contributed by atoms with Crippen molar-refractivity contribution in [2.45, 2.75) is 30.6 Å². The molecule has 3 atom stereocenters. The Morgan fingerprint density at radius 3 is 2.50 bits per heavy atom. The van der Waals surface area contributed by atoms with Crippen LogP contribution in [0.15, 0.2) is 11.4 Å². The van der Waals surface area contributed by atoms with Gasteiger partial charge in [0.1, 0.15) is 6.04 Å². The summed E-state index contributed by atoms with van der Waals surface area (Å²) in [5.74, 6) is -1.37. The van der Waals surface area contributed by atoms with Gasteiger partial charge < -0.3 is 20.3 Å². The largest absolute Gasteiger partial charge is 0.480 e. The lowest BCUT2D eigenvalue weighted by molar-refractivity contribution is -0.886.